The molecule has 0 aliphatic carbocycles. The van der Waals surface area contributed by atoms with Gasteiger partial charge in [-0.2, -0.15) is 0 Å². The number of methoxy groups -OCH3 is 1. The topological polar surface area (TPSA) is 28.6 Å². The van der Waals surface area contributed by atoms with E-state index in [1.54, 1.807) is 19.5 Å². The molecular formula is C16H23Cl2N3O. The molecule has 3 saturated heterocycles. The lowest BCUT2D eigenvalue weighted by Crippen LogP contribution is -2.45. The van der Waals surface area contributed by atoms with Crippen molar-refractivity contribution in [3.05, 3.63) is 28.0 Å². The van der Waals surface area contributed by atoms with Crippen LogP contribution in [0.3, 0.4) is 0 Å². The Labute approximate surface area is 142 Å². The first kappa shape index (κ1) is 16.5. The number of fused-ring (bicyclic) bond motifs is 4. The van der Waals surface area contributed by atoms with Gasteiger partial charge in [0.05, 0.1) is 16.7 Å². The molecule has 2 atom stereocenters. The van der Waals surface area contributed by atoms with Crippen LogP contribution in [-0.4, -0.2) is 60.7 Å². The van der Waals surface area contributed by atoms with Crippen LogP contribution < -0.4 is 0 Å². The summed E-state index contributed by atoms with van der Waals surface area (Å²) >= 11 is 12.5. The molecule has 4 nitrogen and oxygen atoms in total. The van der Waals surface area contributed by atoms with Gasteiger partial charge in [-0.25, -0.2) is 0 Å². The second-order valence-electron chi connectivity index (χ2n) is 6.36. The van der Waals surface area contributed by atoms with Crippen LogP contribution in [0.15, 0.2) is 12.4 Å². The molecule has 0 radical (unpaired) electrons. The molecule has 2 bridgehead atoms. The summed E-state index contributed by atoms with van der Waals surface area (Å²) in [6.07, 6.45) is 5.96. The third-order valence-corrected chi connectivity index (χ3v) is 5.47. The van der Waals surface area contributed by atoms with Gasteiger partial charge >= 0.3 is 0 Å². The molecule has 1 aromatic rings. The van der Waals surface area contributed by atoms with Gasteiger partial charge in [-0.05, 0) is 18.8 Å². The summed E-state index contributed by atoms with van der Waals surface area (Å²) in [5, 5.41) is 1.33. The first-order chi connectivity index (χ1) is 10.7. The predicted octanol–water partition coefficient (Wildman–Crippen LogP) is 2.93. The van der Waals surface area contributed by atoms with E-state index in [0.29, 0.717) is 16.1 Å². The minimum Gasteiger partial charge on any atom is -0.383 e. The Morgan fingerprint density at radius 1 is 1.18 bits per heavy atom. The number of nitrogens with zero attached hydrogens (tertiary/aromatic N) is 3. The number of pyridine rings is 1. The van der Waals surface area contributed by atoms with Gasteiger partial charge < -0.3 is 4.74 Å². The van der Waals surface area contributed by atoms with Crippen LogP contribution in [0.25, 0.3) is 0 Å². The molecule has 3 aliphatic heterocycles. The summed E-state index contributed by atoms with van der Waals surface area (Å²) in [6.45, 7) is 6.03. The number of ether oxygens (including phenoxy) is 1. The fourth-order valence-corrected chi connectivity index (χ4v) is 4.18. The molecule has 0 N–H and O–H groups in total. The predicted molar refractivity (Wildman–Crippen MR) is 89.5 cm³/mol. The van der Waals surface area contributed by atoms with Crippen LogP contribution >= 0.6 is 23.2 Å². The zero-order chi connectivity index (χ0) is 15.5. The number of hydrogen-bond donors (Lipinski definition) is 0. The summed E-state index contributed by atoms with van der Waals surface area (Å²) in [5.41, 5.74) is 1.00. The molecule has 0 spiro atoms. The molecule has 122 valence electrons. The quantitative estimate of drug-likeness (QED) is 0.821. The lowest BCUT2D eigenvalue weighted by molar-refractivity contribution is 0.0867. The summed E-state index contributed by atoms with van der Waals surface area (Å²) in [5.74, 6) is 0.731. The molecule has 0 unspecified atom stereocenters. The largest absolute Gasteiger partial charge is 0.383 e. The Balaban J connectivity index is 1.69. The van der Waals surface area contributed by atoms with E-state index in [2.05, 4.69) is 14.8 Å². The van der Waals surface area contributed by atoms with Gasteiger partial charge in [-0.15, -0.1) is 0 Å². The van der Waals surface area contributed by atoms with E-state index in [4.69, 9.17) is 27.9 Å². The van der Waals surface area contributed by atoms with Crippen molar-refractivity contribution in [1.29, 1.82) is 0 Å². The maximum absolute atomic E-state index is 6.27. The highest BCUT2D eigenvalue weighted by Gasteiger charge is 2.34. The van der Waals surface area contributed by atoms with Crippen LogP contribution in [0.1, 0.15) is 18.4 Å². The Kier molecular flexibility index (Phi) is 5.58. The molecule has 0 amide bonds. The molecule has 4 rings (SSSR count). The lowest BCUT2D eigenvalue weighted by Gasteiger charge is -2.35. The highest BCUT2D eigenvalue weighted by molar-refractivity contribution is 6.35. The number of halogens is 2. The average molecular weight is 344 g/mol. The Morgan fingerprint density at radius 2 is 1.95 bits per heavy atom. The van der Waals surface area contributed by atoms with Crippen molar-refractivity contribution in [2.24, 2.45) is 5.92 Å². The zero-order valence-electron chi connectivity index (χ0n) is 13.0. The minimum absolute atomic E-state index is 0.619. The lowest BCUT2D eigenvalue weighted by atomic mass is 9.95. The zero-order valence-corrected chi connectivity index (χ0v) is 14.5. The van der Waals surface area contributed by atoms with Crippen molar-refractivity contribution < 1.29 is 4.74 Å². The number of hydrogen-bond acceptors (Lipinski definition) is 4. The van der Waals surface area contributed by atoms with Crippen molar-refractivity contribution in [2.75, 3.05) is 39.9 Å². The standard InChI is InChI=1S/C16H23Cl2N3O/c1-22-5-4-21-9-12-2-3-13(21)10-20(8-12)11-14-15(17)6-19-7-16(14)18/h6-7,12-13H,2-5,8-11H2,1H3/t12-,13+/m0/s1. The highest BCUT2D eigenvalue weighted by atomic mass is 35.5. The van der Waals surface area contributed by atoms with E-state index in [9.17, 15) is 0 Å². The molecule has 1 aromatic heterocycles. The SMILES string of the molecule is COCCN1C[C@H]2CC[C@@H]1CN(Cc1c(Cl)cncc1Cl)C2. The van der Waals surface area contributed by atoms with E-state index in [1.165, 1.54) is 19.4 Å². The van der Waals surface area contributed by atoms with Gasteiger partial charge in [-0.3, -0.25) is 14.8 Å². The minimum atomic E-state index is 0.619. The molecule has 6 heteroatoms. The third-order valence-electron chi connectivity index (χ3n) is 4.82. The highest BCUT2D eigenvalue weighted by Crippen LogP contribution is 2.31. The third kappa shape index (κ3) is 3.74. The maximum Gasteiger partial charge on any atom is 0.0649 e. The molecule has 0 aromatic carbocycles. The van der Waals surface area contributed by atoms with Crippen molar-refractivity contribution in [3.8, 4) is 0 Å². The van der Waals surface area contributed by atoms with Crippen molar-refractivity contribution >= 4 is 23.2 Å². The maximum atomic E-state index is 6.27. The van der Waals surface area contributed by atoms with Crippen LogP contribution in [-0.2, 0) is 11.3 Å². The van der Waals surface area contributed by atoms with Crippen molar-refractivity contribution in [2.45, 2.75) is 25.4 Å². The van der Waals surface area contributed by atoms with E-state index in [1.807, 2.05) is 0 Å². The normalized spacial score (nSPS) is 26.3. The molecule has 4 heterocycles. The van der Waals surface area contributed by atoms with E-state index < -0.39 is 0 Å². The Morgan fingerprint density at radius 3 is 2.68 bits per heavy atom. The van der Waals surface area contributed by atoms with Gasteiger partial charge in [0.1, 0.15) is 0 Å². The molecule has 3 aliphatic rings. The second-order valence-corrected chi connectivity index (χ2v) is 7.18. The van der Waals surface area contributed by atoms with Gasteiger partial charge in [0, 0.05) is 63.8 Å². The Bertz CT molecular complexity index is 494. The fraction of sp³-hybridized carbons (Fsp3) is 0.688. The van der Waals surface area contributed by atoms with Crippen LogP contribution in [0.2, 0.25) is 10.0 Å². The summed E-state index contributed by atoms with van der Waals surface area (Å²) in [7, 11) is 1.77. The van der Waals surface area contributed by atoms with Crippen LogP contribution in [0.4, 0.5) is 0 Å². The average Bonchev–Trinajstić information content (AvgIpc) is 2.79. The van der Waals surface area contributed by atoms with E-state index in [0.717, 1.165) is 44.3 Å². The van der Waals surface area contributed by atoms with Gasteiger partial charge in [0.25, 0.3) is 0 Å². The second kappa shape index (κ2) is 7.45. The van der Waals surface area contributed by atoms with Crippen molar-refractivity contribution in [3.63, 3.8) is 0 Å². The Hall–Kier alpha value is -0.390. The summed E-state index contributed by atoms with van der Waals surface area (Å²) in [4.78, 5) is 9.13. The molecule has 0 saturated carbocycles. The molecule has 3 fully saturated rings. The smallest absolute Gasteiger partial charge is 0.0649 e. The van der Waals surface area contributed by atoms with Gasteiger partial charge in [0.2, 0.25) is 0 Å². The number of aromatic nitrogens is 1. The van der Waals surface area contributed by atoms with Crippen LogP contribution in [0, 0.1) is 5.92 Å². The van der Waals surface area contributed by atoms with Crippen LogP contribution in [0.5, 0.6) is 0 Å². The van der Waals surface area contributed by atoms with Gasteiger partial charge in [0.15, 0.2) is 0 Å². The first-order valence-electron chi connectivity index (χ1n) is 7.90. The molecular weight excluding hydrogens is 321 g/mol. The number of piperidine rings is 1. The van der Waals surface area contributed by atoms with Gasteiger partial charge in [-0.1, -0.05) is 23.2 Å². The summed E-state index contributed by atoms with van der Waals surface area (Å²) < 4.78 is 5.25. The van der Waals surface area contributed by atoms with E-state index >= 15 is 0 Å². The fourth-order valence-electron chi connectivity index (χ4n) is 3.70. The number of rotatable bonds is 5. The monoisotopic (exact) mass is 343 g/mol. The summed E-state index contributed by atoms with van der Waals surface area (Å²) in [6, 6.07) is 0.619. The van der Waals surface area contributed by atoms with E-state index in [-0.39, 0.29) is 0 Å². The molecule has 22 heavy (non-hydrogen) atoms. The van der Waals surface area contributed by atoms with Crippen molar-refractivity contribution in [1.82, 2.24) is 14.8 Å². The first-order valence-corrected chi connectivity index (χ1v) is 8.66.